The van der Waals surface area contributed by atoms with Crippen LogP contribution in [-0.2, 0) is 0 Å². The average Bonchev–Trinajstić information content (AvgIpc) is 3.11. The Kier molecular flexibility index (Phi) is 4.68. The molecule has 4 aliphatic carbocycles. The van der Waals surface area contributed by atoms with Crippen LogP contribution in [0.1, 0.15) is 59.7 Å². The van der Waals surface area contributed by atoms with Crippen molar-refractivity contribution in [3.05, 3.63) is 46.6 Å². The summed E-state index contributed by atoms with van der Waals surface area (Å²) < 4.78 is 0. The molecule has 4 aliphatic rings. The summed E-state index contributed by atoms with van der Waals surface area (Å²) in [6, 6.07) is 0. The second-order valence-corrected chi connectivity index (χ2v) is 7.14. The fourth-order valence-electron chi connectivity index (χ4n) is 4.93. The number of rotatable bonds is 2. The Hall–Kier alpha value is -0.443. The molecule has 0 aromatic carbocycles. The van der Waals surface area contributed by atoms with Crippen LogP contribution in [0.15, 0.2) is 46.6 Å². The van der Waals surface area contributed by atoms with Gasteiger partial charge in [-0.05, 0) is 68.4 Å². The molecule has 2 atom stereocenters. The van der Waals surface area contributed by atoms with E-state index >= 15 is 0 Å². The molecule has 0 saturated carbocycles. The van der Waals surface area contributed by atoms with Crippen LogP contribution in [0, 0.1) is 17.8 Å². The third-order valence-electron chi connectivity index (χ3n) is 6.06. The molecule has 0 nitrogen and oxygen atoms in total. The van der Waals surface area contributed by atoms with Gasteiger partial charge in [0.05, 0.1) is 0 Å². The maximum Gasteiger partial charge on any atom is 1.00 e. The van der Waals surface area contributed by atoms with E-state index < -0.39 is 0 Å². The molecular formula is C20H27Li. The van der Waals surface area contributed by atoms with Gasteiger partial charge in [-0.1, -0.05) is 42.4 Å². The molecule has 4 rings (SSSR count). The predicted octanol–water partition coefficient (Wildman–Crippen LogP) is 2.85. The summed E-state index contributed by atoms with van der Waals surface area (Å²) in [7, 11) is 0. The monoisotopic (exact) mass is 274 g/mol. The van der Waals surface area contributed by atoms with Gasteiger partial charge < -0.3 is 1.43 Å². The van der Waals surface area contributed by atoms with E-state index in [1.54, 1.807) is 22.3 Å². The first-order chi connectivity index (χ1) is 9.84. The summed E-state index contributed by atoms with van der Waals surface area (Å²) in [5.74, 6) is 2.22. The number of hydrogen-bond donors (Lipinski definition) is 0. The zero-order valence-corrected chi connectivity index (χ0v) is 13.7. The molecule has 0 heterocycles. The van der Waals surface area contributed by atoms with E-state index in [1.165, 1.54) is 51.4 Å². The zero-order chi connectivity index (χ0) is 13.5. The van der Waals surface area contributed by atoms with E-state index in [1.807, 2.05) is 0 Å². The first-order valence-corrected chi connectivity index (χ1v) is 8.65. The van der Waals surface area contributed by atoms with E-state index in [2.05, 4.69) is 31.2 Å². The van der Waals surface area contributed by atoms with Gasteiger partial charge >= 0.3 is 18.9 Å². The Morgan fingerprint density at radius 2 is 1.24 bits per heavy atom. The first-order valence-electron chi connectivity index (χ1n) is 8.65. The minimum atomic E-state index is 0. The largest absolute Gasteiger partial charge is 1.00 e. The van der Waals surface area contributed by atoms with Crippen molar-refractivity contribution >= 4 is 0 Å². The van der Waals surface area contributed by atoms with Crippen molar-refractivity contribution in [2.24, 2.45) is 17.8 Å². The third-order valence-corrected chi connectivity index (χ3v) is 6.06. The van der Waals surface area contributed by atoms with Crippen LogP contribution < -0.4 is 18.9 Å². The van der Waals surface area contributed by atoms with Crippen LogP contribution in [0.3, 0.4) is 0 Å². The van der Waals surface area contributed by atoms with Crippen LogP contribution in [0.25, 0.3) is 0 Å². The second-order valence-electron chi connectivity index (χ2n) is 7.14. The van der Waals surface area contributed by atoms with Crippen molar-refractivity contribution < 1.29 is 20.3 Å². The second kappa shape index (κ2) is 6.35. The van der Waals surface area contributed by atoms with Crippen molar-refractivity contribution in [2.45, 2.75) is 58.3 Å². The van der Waals surface area contributed by atoms with Gasteiger partial charge in [0.25, 0.3) is 0 Å². The fourth-order valence-corrected chi connectivity index (χ4v) is 4.93. The topological polar surface area (TPSA) is 0 Å². The molecule has 0 spiro atoms. The van der Waals surface area contributed by atoms with Crippen LogP contribution >= 0.6 is 0 Å². The van der Waals surface area contributed by atoms with Crippen molar-refractivity contribution in [1.82, 2.24) is 0 Å². The smallest absolute Gasteiger partial charge is 1.00 e. The molecule has 0 fully saturated rings. The van der Waals surface area contributed by atoms with E-state index in [0.717, 1.165) is 17.8 Å². The normalized spacial score (nSPS) is 32.0. The van der Waals surface area contributed by atoms with Gasteiger partial charge in [0.1, 0.15) is 0 Å². The summed E-state index contributed by atoms with van der Waals surface area (Å²) >= 11 is 0. The van der Waals surface area contributed by atoms with E-state index in [9.17, 15) is 0 Å². The summed E-state index contributed by atoms with van der Waals surface area (Å²) in [5, 5.41) is 0. The van der Waals surface area contributed by atoms with Crippen LogP contribution in [0.2, 0.25) is 0 Å². The van der Waals surface area contributed by atoms with E-state index in [0.29, 0.717) is 0 Å². The molecule has 0 bridgehead atoms. The van der Waals surface area contributed by atoms with Gasteiger partial charge in [-0.15, -0.1) is 0 Å². The summed E-state index contributed by atoms with van der Waals surface area (Å²) in [5.41, 5.74) is 6.96. The molecule has 0 aliphatic heterocycles. The predicted molar refractivity (Wildman–Crippen MR) is 86.5 cm³/mol. The van der Waals surface area contributed by atoms with Gasteiger partial charge in [0.15, 0.2) is 0 Å². The zero-order valence-electron chi connectivity index (χ0n) is 14.7. The van der Waals surface area contributed by atoms with Crippen LogP contribution in [0.5, 0.6) is 0 Å². The molecule has 1 heteroatoms. The maximum atomic E-state index is 2.52. The number of allylic oxidation sites excluding steroid dienone is 8. The molecule has 0 N–H and O–H groups in total. The Bertz CT molecular complexity index is 490. The molecule has 2 unspecified atom stereocenters. The summed E-state index contributed by atoms with van der Waals surface area (Å²) in [6.45, 7) is 2.50. The Balaban J connectivity index is 0.000000882. The Labute approximate surface area is 143 Å². The summed E-state index contributed by atoms with van der Waals surface area (Å²) in [4.78, 5) is 0. The van der Waals surface area contributed by atoms with Crippen molar-refractivity contribution in [3.63, 3.8) is 0 Å². The molecular weight excluding hydrogens is 247 g/mol. The first kappa shape index (κ1) is 15.5. The third kappa shape index (κ3) is 2.67. The molecule has 0 aromatic rings. The molecule has 108 valence electrons. The molecule has 21 heavy (non-hydrogen) atoms. The molecule has 0 radical (unpaired) electrons. The van der Waals surface area contributed by atoms with Gasteiger partial charge in [-0.2, -0.15) is 0 Å². The molecule has 0 aromatic heterocycles. The Morgan fingerprint density at radius 1 is 0.810 bits per heavy atom. The van der Waals surface area contributed by atoms with E-state index in [4.69, 9.17) is 0 Å². The SMILES string of the molecule is CC(C1C=CC2=C1CCCC2)C1C=CC2=C1CCCC2.[H-].[Li+]. The minimum absolute atomic E-state index is 0. The van der Waals surface area contributed by atoms with Crippen molar-refractivity contribution in [2.75, 3.05) is 0 Å². The Morgan fingerprint density at radius 3 is 1.71 bits per heavy atom. The average molecular weight is 274 g/mol. The van der Waals surface area contributed by atoms with Gasteiger partial charge in [-0.25, -0.2) is 0 Å². The standard InChI is InChI=1S/C20H26.Li.H/c1-14(17-12-10-15-6-2-4-8-19(15)17)18-13-11-16-7-3-5-9-20(16)18;;/h10-14,17-18H,2-9H2,1H3;;/q;+1;-1. The molecule has 0 amide bonds. The number of hydrogen-bond acceptors (Lipinski definition) is 0. The van der Waals surface area contributed by atoms with Crippen LogP contribution in [-0.4, -0.2) is 0 Å². The minimum Gasteiger partial charge on any atom is -1.00 e. The van der Waals surface area contributed by atoms with Gasteiger partial charge in [0, 0.05) is 11.8 Å². The molecule has 0 saturated heterocycles. The summed E-state index contributed by atoms with van der Waals surface area (Å²) in [6.07, 6.45) is 21.0. The van der Waals surface area contributed by atoms with Gasteiger partial charge in [-0.3, -0.25) is 0 Å². The maximum absolute atomic E-state index is 2.52. The van der Waals surface area contributed by atoms with Gasteiger partial charge in [0.2, 0.25) is 0 Å². The quantitative estimate of drug-likeness (QED) is 0.679. The van der Waals surface area contributed by atoms with Crippen LogP contribution in [0.4, 0.5) is 0 Å². The fraction of sp³-hybridized carbons (Fsp3) is 0.600. The van der Waals surface area contributed by atoms with E-state index in [-0.39, 0.29) is 20.3 Å². The van der Waals surface area contributed by atoms with Crippen molar-refractivity contribution in [3.8, 4) is 0 Å². The van der Waals surface area contributed by atoms with Crippen molar-refractivity contribution in [1.29, 1.82) is 0 Å².